The molecular weight excluding hydrogens is 901 g/mol. The van der Waals surface area contributed by atoms with Crippen molar-refractivity contribution in [2.75, 3.05) is 13.2 Å². The molecule has 412 valence electrons. The molecule has 6 unspecified atom stereocenters. The Balaban J connectivity index is 2.64. The summed E-state index contributed by atoms with van der Waals surface area (Å²) in [7, 11) is 0. The summed E-state index contributed by atoms with van der Waals surface area (Å²) < 4.78 is 28.3. The molecule has 71 heavy (non-hydrogen) atoms. The van der Waals surface area contributed by atoms with Gasteiger partial charge in [-0.1, -0.05) is 224 Å². The van der Waals surface area contributed by atoms with Crippen molar-refractivity contribution in [1.82, 2.24) is 0 Å². The van der Waals surface area contributed by atoms with Crippen molar-refractivity contribution in [2.24, 2.45) is 0 Å². The number of carbonyl (C=O) groups is 4. The number of aliphatic hydroxyl groups excluding tert-OH is 2. The fourth-order valence-electron chi connectivity index (χ4n) is 8.73. The quantitative estimate of drug-likeness (QED) is 0.0228. The minimum Gasteiger partial charge on any atom is -0.479 e. The minimum atomic E-state index is -1.90. The van der Waals surface area contributed by atoms with E-state index < -0.39 is 67.3 Å². The highest BCUT2D eigenvalue weighted by Gasteiger charge is 2.50. The van der Waals surface area contributed by atoms with Crippen molar-refractivity contribution in [3.63, 3.8) is 0 Å². The third kappa shape index (κ3) is 38.2. The van der Waals surface area contributed by atoms with Gasteiger partial charge in [-0.05, 0) is 57.8 Å². The molecular formula is C59H104O12. The summed E-state index contributed by atoms with van der Waals surface area (Å²) in [6.45, 7) is 5.93. The fourth-order valence-corrected chi connectivity index (χ4v) is 8.73. The lowest BCUT2D eigenvalue weighted by Gasteiger charge is -2.40. The number of hydrogen-bond donors (Lipinski definition) is 3. The van der Waals surface area contributed by atoms with Crippen LogP contribution in [0.2, 0.25) is 0 Å². The third-order valence-corrected chi connectivity index (χ3v) is 13.2. The zero-order chi connectivity index (χ0) is 51.8. The molecule has 0 aliphatic carbocycles. The number of aliphatic carboxylic acids is 1. The van der Waals surface area contributed by atoms with Gasteiger partial charge >= 0.3 is 23.9 Å². The first kappa shape index (κ1) is 66.0. The first-order chi connectivity index (χ1) is 34.6. The highest BCUT2D eigenvalue weighted by Crippen LogP contribution is 2.26. The molecule has 1 rings (SSSR count). The molecule has 0 saturated carbocycles. The number of carboxylic acid groups (broad SMARTS) is 1. The van der Waals surface area contributed by atoms with Crippen LogP contribution in [0.15, 0.2) is 36.5 Å². The summed E-state index contributed by atoms with van der Waals surface area (Å²) >= 11 is 0. The Morgan fingerprint density at radius 3 is 1.31 bits per heavy atom. The number of unbranched alkanes of at least 4 members (excludes halogenated alkanes) is 29. The Labute approximate surface area is 431 Å². The van der Waals surface area contributed by atoms with Gasteiger partial charge in [0.05, 0.1) is 6.61 Å². The molecule has 0 aromatic rings. The number of esters is 3. The maximum absolute atomic E-state index is 13.1. The van der Waals surface area contributed by atoms with E-state index >= 15 is 0 Å². The van der Waals surface area contributed by atoms with E-state index in [2.05, 4.69) is 57.2 Å². The monoisotopic (exact) mass is 1000 g/mol. The molecule has 0 bridgehead atoms. The second kappa shape index (κ2) is 47.9. The van der Waals surface area contributed by atoms with E-state index in [1.165, 1.54) is 109 Å². The maximum Gasteiger partial charge on any atom is 0.335 e. The van der Waals surface area contributed by atoms with E-state index in [4.69, 9.17) is 23.7 Å². The lowest BCUT2D eigenvalue weighted by atomic mass is 9.98. The van der Waals surface area contributed by atoms with E-state index in [0.717, 1.165) is 96.3 Å². The SMILES string of the molecule is CCCCC/C=C\C/C=C\C/C=C\CCCCCCCCC(=O)OCC(COC1OC(C(=O)O)C(O)C(O)C1OC(=O)CCCCCCCCCCCCCCC)OC(=O)CCCCCCCCCCC. The van der Waals surface area contributed by atoms with Gasteiger partial charge in [0.1, 0.15) is 18.8 Å². The van der Waals surface area contributed by atoms with Crippen LogP contribution in [0.25, 0.3) is 0 Å². The van der Waals surface area contributed by atoms with Crippen LogP contribution in [0, 0.1) is 0 Å². The van der Waals surface area contributed by atoms with Crippen molar-refractivity contribution >= 4 is 23.9 Å². The van der Waals surface area contributed by atoms with E-state index in [0.29, 0.717) is 19.3 Å². The Morgan fingerprint density at radius 2 is 0.845 bits per heavy atom. The van der Waals surface area contributed by atoms with Crippen molar-refractivity contribution in [3.8, 4) is 0 Å². The largest absolute Gasteiger partial charge is 0.479 e. The molecule has 1 saturated heterocycles. The zero-order valence-corrected chi connectivity index (χ0v) is 45.2. The summed E-state index contributed by atoms with van der Waals surface area (Å²) in [5.41, 5.74) is 0. The molecule has 0 aromatic heterocycles. The summed E-state index contributed by atoms with van der Waals surface area (Å²) in [6.07, 6.45) is 42.7. The van der Waals surface area contributed by atoms with Crippen LogP contribution < -0.4 is 0 Å². The Morgan fingerprint density at radius 1 is 0.465 bits per heavy atom. The smallest absolute Gasteiger partial charge is 0.335 e. The average molecular weight is 1010 g/mol. The van der Waals surface area contributed by atoms with Crippen LogP contribution in [0.5, 0.6) is 0 Å². The lowest BCUT2D eigenvalue weighted by Crippen LogP contribution is -2.61. The second-order valence-electron chi connectivity index (χ2n) is 19.9. The second-order valence-corrected chi connectivity index (χ2v) is 19.9. The van der Waals surface area contributed by atoms with Gasteiger partial charge in [-0.15, -0.1) is 0 Å². The van der Waals surface area contributed by atoms with Crippen molar-refractivity contribution < 1.29 is 58.2 Å². The van der Waals surface area contributed by atoms with Gasteiger partial charge in [-0.25, -0.2) is 4.79 Å². The van der Waals surface area contributed by atoms with Crippen LogP contribution in [-0.4, -0.2) is 89.2 Å². The first-order valence-electron chi connectivity index (χ1n) is 29.0. The van der Waals surface area contributed by atoms with E-state index in [9.17, 15) is 34.5 Å². The molecule has 0 aromatic carbocycles. The lowest BCUT2D eigenvalue weighted by molar-refractivity contribution is -0.301. The van der Waals surface area contributed by atoms with Crippen LogP contribution in [0.3, 0.4) is 0 Å². The number of rotatable bonds is 49. The van der Waals surface area contributed by atoms with Crippen molar-refractivity contribution in [3.05, 3.63) is 36.5 Å². The zero-order valence-electron chi connectivity index (χ0n) is 45.2. The molecule has 1 aliphatic heterocycles. The number of ether oxygens (including phenoxy) is 5. The van der Waals surface area contributed by atoms with Crippen LogP contribution in [0.1, 0.15) is 265 Å². The van der Waals surface area contributed by atoms with Gasteiger partial charge in [0.25, 0.3) is 0 Å². The predicted molar refractivity (Wildman–Crippen MR) is 285 cm³/mol. The highest BCUT2D eigenvalue weighted by atomic mass is 16.7. The number of carboxylic acids is 1. The standard InChI is InChI=1S/C59H104O12/c1-4-7-10-13-16-19-21-23-24-25-26-27-28-30-31-34-36-39-42-45-51(60)67-48-50(69-52(61)46-43-40-37-33-18-15-12-9-6-3)49-68-59-57(55(64)54(63)56(71-59)58(65)66)70-53(62)47-44-41-38-35-32-29-22-20-17-14-11-8-5-2/h16,19,23-24,26-27,50,54-57,59,63-64H,4-15,17-18,20-22,25,28-49H2,1-3H3,(H,65,66)/b19-16-,24-23-,27-26-. The molecule has 12 heteroatoms. The minimum absolute atomic E-state index is 0.0645. The maximum atomic E-state index is 13.1. The summed E-state index contributed by atoms with van der Waals surface area (Å²) in [5, 5.41) is 31.4. The molecule has 1 fully saturated rings. The van der Waals surface area contributed by atoms with E-state index in [1.807, 2.05) is 0 Å². The van der Waals surface area contributed by atoms with Crippen molar-refractivity contribution in [1.29, 1.82) is 0 Å². The normalized spacial score (nSPS) is 18.7. The van der Waals surface area contributed by atoms with Gasteiger partial charge < -0.3 is 39.0 Å². The molecule has 0 radical (unpaired) electrons. The van der Waals surface area contributed by atoms with Gasteiger partial charge in [0, 0.05) is 19.3 Å². The molecule has 1 heterocycles. The summed E-state index contributed by atoms with van der Waals surface area (Å²) in [4.78, 5) is 50.9. The molecule has 12 nitrogen and oxygen atoms in total. The molecule has 0 spiro atoms. The number of allylic oxidation sites excluding steroid dienone is 6. The Hall–Kier alpha value is -3.06. The van der Waals surface area contributed by atoms with Gasteiger partial charge in [-0.3, -0.25) is 14.4 Å². The van der Waals surface area contributed by atoms with E-state index in [-0.39, 0.29) is 25.9 Å². The van der Waals surface area contributed by atoms with Crippen molar-refractivity contribution in [2.45, 2.75) is 302 Å². The van der Waals surface area contributed by atoms with Gasteiger partial charge in [0.15, 0.2) is 24.6 Å². The van der Waals surface area contributed by atoms with E-state index in [1.54, 1.807) is 0 Å². The Kier molecular flexibility index (Phi) is 44.5. The summed E-state index contributed by atoms with van der Waals surface area (Å²) in [6, 6.07) is 0. The highest BCUT2D eigenvalue weighted by molar-refractivity contribution is 5.74. The molecule has 0 amide bonds. The summed E-state index contributed by atoms with van der Waals surface area (Å²) in [5.74, 6) is -3.12. The van der Waals surface area contributed by atoms with Crippen LogP contribution in [0.4, 0.5) is 0 Å². The topological polar surface area (TPSA) is 175 Å². The first-order valence-corrected chi connectivity index (χ1v) is 29.0. The molecule has 6 atom stereocenters. The van der Waals surface area contributed by atoms with Crippen LogP contribution in [-0.2, 0) is 42.9 Å². The molecule has 3 N–H and O–H groups in total. The van der Waals surface area contributed by atoms with Crippen LogP contribution >= 0.6 is 0 Å². The van der Waals surface area contributed by atoms with Gasteiger partial charge in [0.2, 0.25) is 0 Å². The number of hydrogen-bond acceptors (Lipinski definition) is 11. The average Bonchev–Trinajstić information content (AvgIpc) is 3.35. The number of aliphatic hydroxyl groups is 2. The number of carbonyl (C=O) groups excluding carboxylic acids is 3. The predicted octanol–water partition coefficient (Wildman–Crippen LogP) is 14.5. The molecule has 1 aliphatic rings. The van der Waals surface area contributed by atoms with Gasteiger partial charge in [-0.2, -0.15) is 0 Å². The third-order valence-electron chi connectivity index (χ3n) is 13.2. The fraction of sp³-hybridized carbons (Fsp3) is 0.831. The Bertz CT molecular complexity index is 1380.